The Hall–Kier alpha value is -1.73. The van der Waals surface area contributed by atoms with Crippen LogP contribution in [0.5, 0.6) is 5.75 Å². The highest BCUT2D eigenvalue weighted by Crippen LogP contribution is 2.30. The Bertz CT molecular complexity index is 467. The molecule has 0 atom stereocenters. The van der Waals surface area contributed by atoms with Crippen LogP contribution in [0.2, 0.25) is 0 Å². The minimum atomic E-state index is -2.09. The second kappa shape index (κ2) is 5.07. The molecule has 0 heterocycles. The molecule has 0 saturated heterocycles. The third-order valence-electron chi connectivity index (χ3n) is 1.92. The Labute approximate surface area is 95.2 Å². The fraction of sp³-hybridized carbons (Fsp3) is 0.222. The maximum Gasteiger partial charge on any atom is 0.257 e. The Balaban J connectivity index is 3.52. The van der Waals surface area contributed by atoms with Crippen molar-refractivity contribution in [2.75, 3.05) is 13.6 Å². The van der Waals surface area contributed by atoms with Crippen molar-refractivity contribution < 1.29 is 27.1 Å². The van der Waals surface area contributed by atoms with E-state index in [-0.39, 0.29) is 6.44 Å². The van der Waals surface area contributed by atoms with Crippen LogP contribution in [-0.4, -0.2) is 27.3 Å². The predicted octanol–water partition coefficient (Wildman–Crippen LogP) is 1.11. The van der Waals surface area contributed by atoms with Gasteiger partial charge in [0.15, 0.2) is 17.4 Å². The third-order valence-corrected chi connectivity index (χ3v) is 1.92. The normalized spacial score (nSPS) is 10.2. The summed E-state index contributed by atoms with van der Waals surface area (Å²) >= 11 is 0. The maximum absolute atomic E-state index is 13.3. The Kier molecular flexibility index (Phi) is 3.98. The van der Waals surface area contributed by atoms with Crippen molar-refractivity contribution in [2.45, 2.75) is 0 Å². The molecule has 0 aromatic heterocycles. The van der Waals surface area contributed by atoms with Gasteiger partial charge in [-0.15, -0.1) is 0 Å². The second-order valence-electron chi connectivity index (χ2n) is 2.87. The van der Waals surface area contributed by atoms with Gasteiger partial charge in [0.1, 0.15) is 5.56 Å². The van der Waals surface area contributed by atoms with Crippen LogP contribution in [0.15, 0.2) is 0 Å². The summed E-state index contributed by atoms with van der Waals surface area (Å²) in [6, 6.07) is 0. The van der Waals surface area contributed by atoms with Crippen LogP contribution in [0.4, 0.5) is 17.6 Å². The minimum absolute atomic E-state index is 0.387. The van der Waals surface area contributed by atoms with Crippen molar-refractivity contribution in [3.63, 3.8) is 0 Å². The van der Waals surface area contributed by atoms with Gasteiger partial charge in [0, 0.05) is 0 Å². The standard InChI is InChI=1S/C9H6BF4NO2/c1-17-8-3(9(16)15-2-10)4(11)5(12)6(13)7(8)14/h2H2,1H3,(H,15,16). The molecule has 3 nitrogen and oxygen atoms in total. The molecule has 1 amide bonds. The van der Waals surface area contributed by atoms with E-state index in [4.69, 9.17) is 7.85 Å². The topological polar surface area (TPSA) is 38.3 Å². The lowest BCUT2D eigenvalue weighted by Gasteiger charge is -2.11. The summed E-state index contributed by atoms with van der Waals surface area (Å²) < 4.78 is 56.6. The molecule has 0 spiro atoms. The van der Waals surface area contributed by atoms with Gasteiger partial charge < -0.3 is 10.1 Å². The molecule has 0 fully saturated rings. The van der Waals surface area contributed by atoms with Gasteiger partial charge in [0.25, 0.3) is 5.91 Å². The number of benzene rings is 1. The first kappa shape index (κ1) is 13.3. The smallest absolute Gasteiger partial charge is 0.257 e. The summed E-state index contributed by atoms with van der Waals surface area (Å²) in [5.74, 6) is -10.00. The summed E-state index contributed by atoms with van der Waals surface area (Å²) in [7, 11) is 5.84. The van der Waals surface area contributed by atoms with E-state index in [1.165, 1.54) is 0 Å². The van der Waals surface area contributed by atoms with Crippen molar-refractivity contribution in [1.82, 2.24) is 5.32 Å². The third kappa shape index (κ3) is 2.20. The van der Waals surface area contributed by atoms with Crippen molar-refractivity contribution in [1.29, 1.82) is 0 Å². The highest BCUT2D eigenvalue weighted by atomic mass is 19.2. The van der Waals surface area contributed by atoms with Gasteiger partial charge in [-0.05, 0) is 6.44 Å². The second-order valence-corrected chi connectivity index (χ2v) is 2.87. The van der Waals surface area contributed by atoms with Crippen LogP contribution in [0.3, 0.4) is 0 Å². The molecule has 0 saturated carbocycles. The van der Waals surface area contributed by atoms with Crippen LogP contribution < -0.4 is 10.1 Å². The molecule has 2 radical (unpaired) electrons. The van der Waals surface area contributed by atoms with Crippen molar-refractivity contribution in [2.24, 2.45) is 0 Å². The van der Waals surface area contributed by atoms with E-state index < -0.39 is 40.5 Å². The summed E-state index contributed by atoms with van der Waals surface area (Å²) in [4.78, 5) is 11.3. The van der Waals surface area contributed by atoms with E-state index in [1.54, 1.807) is 0 Å². The molecule has 1 rings (SSSR count). The van der Waals surface area contributed by atoms with E-state index in [1.807, 2.05) is 5.32 Å². The van der Waals surface area contributed by atoms with E-state index in [9.17, 15) is 22.4 Å². The molecule has 1 aromatic carbocycles. The summed E-state index contributed by atoms with van der Waals surface area (Å²) in [6.45, 7) is 0. The molecular weight excluding hydrogens is 241 g/mol. The van der Waals surface area contributed by atoms with Gasteiger partial charge in [-0.3, -0.25) is 4.79 Å². The first-order valence-corrected chi connectivity index (χ1v) is 4.33. The molecule has 0 aliphatic heterocycles. The summed E-state index contributed by atoms with van der Waals surface area (Å²) in [5.41, 5.74) is -1.07. The zero-order valence-corrected chi connectivity index (χ0v) is 8.61. The Morgan fingerprint density at radius 3 is 2.18 bits per heavy atom. The predicted molar refractivity (Wildman–Crippen MR) is 50.9 cm³/mol. The molecule has 0 bridgehead atoms. The molecule has 17 heavy (non-hydrogen) atoms. The zero-order valence-electron chi connectivity index (χ0n) is 8.61. The van der Waals surface area contributed by atoms with Crippen molar-refractivity contribution in [3.8, 4) is 5.75 Å². The first-order chi connectivity index (χ1) is 7.95. The van der Waals surface area contributed by atoms with E-state index in [2.05, 4.69) is 4.74 Å². The van der Waals surface area contributed by atoms with Crippen LogP contribution >= 0.6 is 0 Å². The molecule has 0 aliphatic carbocycles. The highest BCUT2D eigenvalue weighted by Gasteiger charge is 2.29. The van der Waals surface area contributed by atoms with Crippen LogP contribution in [0, 0.1) is 23.3 Å². The van der Waals surface area contributed by atoms with Gasteiger partial charge in [0.05, 0.1) is 15.0 Å². The SMILES string of the molecule is [B]CNC(=O)c1c(F)c(F)c(F)c(F)c1OC. The maximum atomic E-state index is 13.3. The van der Waals surface area contributed by atoms with Gasteiger partial charge in [0.2, 0.25) is 11.6 Å². The number of rotatable bonds is 3. The number of hydrogen-bond acceptors (Lipinski definition) is 2. The zero-order chi connectivity index (χ0) is 13.2. The van der Waals surface area contributed by atoms with Crippen LogP contribution in [0.1, 0.15) is 10.4 Å². The van der Waals surface area contributed by atoms with Crippen LogP contribution in [0.25, 0.3) is 0 Å². The van der Waals surface area contributed by atoms with Gasteiger partial charge in [-0.2, -0.15) is 4.39 Å². The molecular formula is C9H6BF4NO2. The van der Waals surface area contributed by atoms with Gasteiger partial charge in [-0.25, -0.2) is 13.2 Å². The van der Waals surface area contributed by atoms with E-state index in [0.717, 1.165) is 7.11 Å². The van der Waals surface area contributed by atoms with Crippen molar-refractivity contribution >= 4 is 13.8 Å². The van der Waals surface area contributed by atoms with Crippen LogP contribution in [-0.2, 0) is 0 Å². The van der Waals surface area contributed by atoms with E-state index >= 15 is 0 Å². The molecule has 90 valence electrons. The van der Waals surface area contributed by atoms with E-state index in [0.29, 0.717) is 0 Å². The fourth-order valence-electron chi connectivity index (χ4n) is 1.19. The molecule has 1 aromatic rings. The number of carbonyl (C=O) groups excluding carboxylic acids is 1. The Morgan fingerprint density at radius 1 is 1.18 bits per heavy atom. The molecule has 8 heteroatoms. The van der Waals surface area contributed by atoms with Gasteiger partial charge >= 0.3 is 0 Å². The number of methoxy groups -OCH3 is 1. The molecule has 1 N–H and O–H groups in total. The quantitative estimate of drug-likeness (QED) is 0.376. The fourth-order valence-corrected chi connectivity index (χ4v) is 1.19. The average molecular weight is 247 g/mol. The highest BCUT2D eigenvalue weighted by molar-refractivity contribution is 6.11. The lowest BCUT2D eigenvalue weighted by atomic mass is 10.1. The molecule has 0 unspecified atom stereocenters. The number of halogens is 4. The largest absolute Gasteiger partial charge is 0.493 e. The summed E-state index contributed by atoms with van der Waals surface area (Å²) in [6.07, 6.45) is -0.387. The number of carbonyl (C=O) groups is 1. The molecule has 0 aliphatic rings. The Morgan fingerprint density at radius 2 is 1.71 bits per heavy atom. The van der Waals surface area contributed by atoms with Crippen molar-refractivity contribution in [3.05, 3.63) is 28.8 Å². The monoisotopic (exact) mass is 247 g/mol. The van der Waals surface area contributed by atoms with Gasteiger partial charge in [-0.1, -0.05) is 0 Å². The number of hydrogen-bond donors (Lipinski definition) is 1. The number of amides is 1. The lowest BCUT2D eigenvalue weighted by molar-refractivity contribution is 0.0950. The minimum Gasteiger partial charge on any atom is -0.493 e. The summed E-state index contributed by atoms with van der Waals surface area (Å²) in [5, 5.41) is 1.91. The lowest BCUT2D eigenvalue weighted by Crippen LogP contribution is -2.27. The first-order valence-electron chi connectivity index (χ1n) is 4.33. The number of nitrogens with one attached hydrogen (secondary N) is 1. The average Bonchev–Trinajstić information content (AvgIpc) is 2.31. The number of ether oxygens (including phenoxy) is 1.